The zero-order valence-electron chi connectivity index (χ0n) is 16.9. The predicted molar refractivity (Wildman–Crippen MR) is 123 cm³/mol. The molecular formula is C24H21N5O2. The molecule has 0 bridgehead atoms. The molecule has 0 saturated carbocycles. The van der Waals surface area contributed by atoms with Crippen molar-refractivity contribution in [3.05, 3.63) is 96.7 Å². The van der Waals surface area contributed by atoms with E-state index < -0.39 is 6.03 Å². The molecule has 1 aromatic heterocycles. The number of methoxy groups -OCH3 is 1. The van der Waals surface area contributed by atoms with E-state index in [2.05, 4.69) is 20.7 Å². The molecule has 0 radical (unpaired) electrons. The number of nitrogens with one attached hydrogen (secondary N) is 2. The Morgan fingerprint density at radius 1 is 0.935 bits per heavy atom. The van der Waals surface area contributed by atoms with Gasteiger partial charge >= 0.3 is 6.03 Å². The number of ether oxygens (including phenoxy) is 1. The molecule has 0 spiro atoms. The number of benzene rings is 3. The van der Waals surface area contributed by atoms with Gasteiger partial charge in [0.25, 0.3) is 0 Å². The summed E-state index contributed by atoms with van der Waals surface area (Å²) in [7, 11) is 1.55. The van der Waals surface area contributed by atoms with Crippen molar-refractivity contribution in [2.75, 3.05) is 17.7 Å². The van der Waals surface area contributed by atoms with Crippen molar-refractivity contribution in [1.82, 2.24) is 9.66 Å². The minimum absolute atomic E-state index is 0.290. The zero-order valence-corrected chi connectivity index (χ0v) is 16.9. The standard InChI is InChI=1S/C24H21N5O2/c1-31-22-15-9-8-14-20(22)27-24(30)28-23-26-21(19-12-6-3-7-13-19)17-29(23)25-16-18-10-4-2-5-11-18/h2-17H,1H3,(H2,26,27,28,30)/b25-16-. The van der Waals surface area contributed by atoms with Crippen LogP contribution < -0.4 is 15.4 Å². The summed E-state index contributed by atoms with van der Waals surface area (Å²) in [5.41, 5.74) is 3.10. The first-order chi connectivity index (χ1) is 15.2. The van der Waals surface area contributed by atoms with Gasteiger partial charge in [0, 0.05) is 5.56 Å². The average Bonchev–Trinajstić information content (AvgIpc) is 3.21. The fraction of sp³-hybridized carbons (Fsp3) is 0.0417. The number of carbonyl (C=O) groups is 1. The normalized spacial score (nSPS) is 10.7. The third kappa shape index (κ3) is 4.97. The van der Waals surface area contributed by atoms with Crippen LogP contribution in [0.5, 0.6) is 5.75 Å². The third-order valence-corrected chi connectivity index (χ3v) is 4.47. The number of carbonyl (C=O) groups excluding carboxylic acids is 1. The van der Waals surface area contributed by atoms with Gasteiger partial charge in [-0.2, -0.15) is 5.10 Å². The van der Waals surface area contributed by atoms with E-state index in [-0.39, 0.29) is 0 Å². The number of aromatic nitrogens is 2. The van der Waals surface area contributed by atoms with E-state index in [1.807, 2.05) is 72.8 Å². The summed E-state index contributed by atoms with van der Waals surface area (Å²) in [6.07, 6.45) is 3.48. The third-order valence-electron chi connectivity index (χ3n) is 4.47. The topological polar surface area (TPSA) is 80.5 Å². The van der Waals surface area contributed by atoms with Crippen molar-refractivity contribution in [3.63, 3.8) is 0 Å². The summed E-state index contributed by atoms with van der Waals surface area (Å²) >= 11 is 0. The fourth-order valence-electron chi connectivity index (χ4n) is 2.96. The van der Waals surface area contributed by atoms with E-state index in [1.54, 1.807) is 31.7 Å². The molecule has 7 nitrogen and oxygen atoms in total. The second-order valence-electron chi connectivity index (χ2n) is 6.60. The minimum Gasteiger partial charge on any atom is -0.495 e. The van der Waals surface area contributed by atoms with Crippen molar-refractivity contribution < 1.29 is 9.53 Å². The Morgan fingerprint density at radius 3 is 2.35 bits per heavy atom. The van der Waals surface area contributed by atoms with Crippen LogP contribution in [-0.2, 0) is 0 Å². The van der Waals surface area contributed by atoms with Crippen LogP contribution in [0, 0.1) is 0 Å². The van der Waals surface area contributed by atoms with Gasteiger partial charge in [-0.1, -0.05) is 72.8 Å². The molecule has 4 rings (SSSR count). The maximum Gasteiger partial charge on any atom is 0.326 e. The molecule has 0 atom stereocenters. The van der Waals surface area contributed by atoms with E-state index in [0.717, 1.165) is 11.1 Å². The Labute approximate surface area is 180 Å². The highest BCUT2D eigenvalue weighted by atomic mass is 16.5. The molecule has 3 aromatic carbocycles. The van der Waals surface area contributed by atoms with E-state index in [1.165, 1.54) is 4.68 Å². The number of para-hydroxylation sites is 2. The van der Waals surface area contributed by atoms with Gasteiger partial charge in [-0.05, 0) is 17.7 Å². The van der Waals surface area contributed by atoms with Crippen LogP contribution >= 0.6 is 0 Å². The number of nitrogens with zero attached hydrogens (tertiary/aromatic N) is 3. The lowest BCUT2D eigenvalue weighted by atomic mass is 10.2. The number of amides is 2. The Morgan fingerprint density at radius 2 is 1.61 bits per heavy atom. The lowest BCUT2D eigenvalue weighted by molar-refractivity contribution is 0.262. The molecule has 4 aromatic rings. The summed E-state index contributed by atoms with van der Waals surface area (Å²) in [6, 6.07) is 26.1. The smallest absolute Gasteiger partial charge is 0.326 e. The molecule has 0 aliphatic heterocycles. The fourth-order valence-corrected chi connectivity index (χ4v) is 2.96. The number of anilines is 2. The molecule has 0 unspecified atom stereocenters. The lowest BCUT2D eigenvalue weighted by Gasteiger charge is -2.10. The van der Waals surface area contributed by atoms with Gasteiger partial charge < -0.3 is 10.1 Å². The summed E-state index contributed by atoms with van der Waals surface area (Å²) in [5, 5.41) is 10.0. The first-order valence-corrected chi connectivity index (χ1v) is 9.68. The number of hydrogen-bond donors (Lipinski definition) is 2. The molecule has 2 amide bonds. The van der Waals surface area contributed by atoms with E-state index in [9.17, 15) is 4.79 Å². The second kappa shape index (κ2) is 9.41. The van der Waals surface area contributed by atoms with Crippen LogP contribution in [0.25, 0.3) is 11.3 Å². The van der Waals surface area contributed by atoms with Gasteiger partial charge in [-0.3, -0.25) is 5.32 Å². The quantitative estimate of drug-likeness (QED) is 0.434. The first-order valence-electron chi connectivity index (χ1n) is 9.68. The largest absolute Gasteiger partial charge is 0.495 e. The minimum atomic E-state index is -0.453. The molecule has 7 heteroatoms. The van der Waals surface area contributed by atoms with Crippen LogP contribution in [0.3, 0.4) is 0 Å². The van der Waals surface area contributed by atoms with E-state index in [0.29, 0.717) is 23.1 Å². The van der Waals surface area contributed by atoms with Crippen LogP contribution in [0.1, 0.15) is 5.56 Å². The highest BCUT2D eigenvalue weighted by Gasteiger charge is 2.13. The van der Waals surface area contributed by atoms with Gasteiger partial charge in [0.15, 0.2) is 0 Å². The summed E-state index contributed by atoms with van der Waals surface area (Å²) < 4.78 is 6.82. The van der Waals surface area contributed by atoms with Crippen LogP contribution in [-0.4, -0.2) is 29.0 Å². The van der Waals surface area contributed by atoms with Crippen LogP contribution in [0.2, 0.25) is 0 Å². The summed E-state index contributed by atoms with van der Waals surface area (Å²) in [4.78, 5) is 17.2. The summed E-state index contributed by atoms with van der Waals surface area (Å²) in [6.45, 7) is 0. The predicted octanol–water partition coefficient (Wildman–Crippen LogP) is 5.08. The van der Waals surface area contributed by atoms with Gasteiger partial charge in [0.1, 0.15) is 5.75 Å². The van der Waals surface area contributed by atoms with Crippen molar-refractivity contribution in [3.8, 4) is 17.0 Å². The van der Waals surface area contributed by atoms with Gasteiger partial charge in [-0.15, -0.1) is 0 Å². The molecule has 2 N–H and O–H groups in total. The van der Waals surface area contributed by atoms with Gasteiger partial charge in [0.05, 0.1) is 30.9 Å². The highest BCUT2D eigenvalue weighted by molar-refractivity contribution is 6.00. The van der Waals surface area contributed by atoms with Gasteiger partial charge in [0.2, 0.25) is 5.95 Å². The molecule has 0 aliphatic rings. The number of imidazole rings is 1. The Hall–Kier alpha value is -4.39. The molecule has 0 fully saturated rings. The maximum atomic E-state index is 12.6. The number of rotatable bonds is 6. The lowest BCUT2D eigenvalue weighted by Crippen LogP contribution is -2.21. The van der Waals surface area contributed by atoms with E-state index >= 15 is 0 Å². The molecule has 0 aliphatic carbocycles. The Kier molecular flexibility index (Phi) is 6.04. The molecule has 1 heterocycles. The molecule has 0 saturated heterocycles. The molecular weight excluding hydrogens is 390 g/mol. The zero-order chi connectivity index (χ0) is 21.5. The first kappa shape index (κ1) is 19.9. The van der Waals surface area contributed by atoms with Crippen molar-refractivity contribution in [2.45, 2.75) is 0 Å². The highest BCUT2D eigenvalue weighted by Crippen LogP contribution is 2.24. The number of hydrogen-bond acceptors (Lipinski definition) is 4. The molecule has 154 valence electrons. The van der Waals surface area contributed by atoms with Crippen molar-refractivity contribution >= 4 is 23.9 Å². The van der Waals surface area contributed by atoms with E-state index in [4.69, 9.17) is 4.74 Å². The summed E-state index contributed by atoms with van der Waals surface area (Å²) in [5.74, 6) is 0.853. The maximum absolute atomic E-state index is 12.6. The van der Waals surface area contributed by atoms with Crippen molar-refractivity contribution in [2.24, 2.45) is 5.10 Å². The van der Waals surface area contributed by atoms with Crippen molar-refractivity contribution in [1.29, 1.82) is 0 Å². The Bertz CT molecular complexity index is 1190. The van der Waals surface area contributed by atoms with Gasteiger partial charge in [-0.25, -0.2) is 14.5 Å². The number of urea groups is 1. The Balaban J connectivity index is 1.61. The monoisotopic (exact) mass is 411 g/mol. The second-order valence-corrected chi connectivity index (χ2v) is 6.60. The molecule has 31 heavy (non-hydrogen) atoms. The average molecular weight is 411 g/mol. The van der Waals surface area contributed by atoms with Crippen LogP contribution in [0.15, 0.2) is 96.2 Å². The van der Waals surface area contributed by atoms with Crippen LogP contribution in [0.4, 0.5) is 16.4 Å². The SMILES string of the molecule is COc1ccccc1NC(=O)Nc1nc(-c2ccccc2)cn1/N=C\c1ccccc1.